The van der Waals surface area contributed by atoms with Crippen molar-refractivity contribution in [2.45, 2.75) is 12.7 Å². The molecule has 4 rings (SSSR count). The summed E-state index contributed by atoms with van der Waals surface area (Å²) in [5.41, 5.74) is 8.87. The van der Waals surface area contributed by atoms with Gasteiger partial charge in [-0.1, -0.05) is 12.1 Å². The van der Waals surface area contributed by atoms with Crippen molar-refractivity contribution in [1.82, 2.24) is 10.3 Å². The summed E-state index contributed by atoms with van der Waals surface area (Å²) in [5.74, 6) is -0.596. The molecule has 8 heteroatoms. The molecule has 5 nitrogen and oxygen atoms in total. The Balaban J connectivity index is 1.70. The first-order valence-corrected chi connectivity index (χ1v) is 9.38. The molecule has 3 aromatic rings. The molecule has 1 aliphatic heterocycles. The number of anilines is 2. The number of nitrogens with zero attached hydrogens (tertiary/aromatic N) is 2. The van der Waals surface area contributed by atoms with Crippen LogP contribution >= 0.6 is 0 Å². The number of carbonyl (C=O) groups excluding carboxylic acids is 1. The number of aromatic nitrogens is 1. The summed E-state index contributed by atoms with van der Waals surface area (Å²) in [6.07, 6.45) is -4.36. The van der Waals surface area contributed by atoms with Gasteiger partial charge in [-0.2, -0.15) is 13.2 Å². The lowest BCUT2D eigenvalue weighted by Crippen LogP contribution is -2.24. The van der Waals surface area contributed by atoms with Gasteiger partial charge in [0.05, 0.1) is 11.3 Å². The quantitative estimate of drug-likeness (QED) is 0.679. The summed E-state index contributed by atoms with van der Waals surface area (Å²) < 4.78 is 38.7. The number of alkyl halides is 3. The molecule has 0 saturated carbocycles. The molecule has 0 fully saturated rings. The van der Waals surface area contributed by atoms with E-state index in [0.717, 1.165) is 28.9 Å². The molecule has 0 aliphatic carbocycles. The highest BCUT2D eigenvalue weighted by atomic mass is 19.4. The molecule has 154 valence electrons. The van der Waals surface area contributed by atoms with Crippen molar-refractivity contribution in [1.29, 1.82) is 0 Å². The SMILES string of the molecule is NC(=O)c1cccc(-c2ccc3c(c2)CNCCN3c2ccc(C(F)(F)F)cc2)n1. The Bertz CT molecular complexity index is 1080. The number of hydrogen-bond donors (Lipinski definition) is 2. The normalized spacial score (nSPS) is 14.2. The first-order valence-electron chi connectivity index (χ1n) is 9.38. The molecule has 0 spiro atoms. The van der Waals surface area contributed by atoms with Crippen molar-refractivity contribution >= 4 is 17.3 Å². The topological polar surface area (TPSA) is 71.2 Å². The number of nitrogens with two attached hydrogens (primary N) is 1. The first-order chi connectivity index (χ1) is 14.3. The number of halogens is 3. The Hall–Kier alpha value is -3.39. The number of hydrogen-bond acceptors (Lipinski definition) is 4. The molecule has 2 heterocycles. The van der Waals surface area contributed by atoms with Gasteiger partial charge >= 0.3 is 6.18 Å². The number of amides is 1. The second kappa shape index (κ2) is 7.79. The van der Waals surface area contributed by atoms with Gasteiger partial charge in [0.2, 0.25) is 0 Å². The van der Waals surface area contributed by atoms with Crippen LogP contribution < -0.4 is 16.0 Å². The van der Waals surface area contributed by atoms with Crippen molar-refractivity contribution in [2.75, 3.05) is 18.0 Å². The van der Waals surface area contributed by atoms with Crippen LogP contribution in [0.2, 0.25) is 0 Å². The molecule has 0 unspecified atom stereocenters. The van der Waals surface area contributed by atoms with E-state index in [0.29, 0.717) is 31.0 Å². The van der Waals surface area contributed by atoms with Gasteiger partial charge in [0.15, 0.2) is 0 Å². The lowest BCUT2D eigenvalue weighted by molar-refractivity contribution is -0.137. The van der Waals surface area contributed by atoms with Crippen molar-refractivity contribution in [2.24, 2.45) is 5.73 Å². The minimum absolute atomic E-state index is 0.187. The van der Waals surface area contributed by atoms with Gasteiger partial charge < -0.3 is 16.0 Å². The molecule has 0 radical (unpaired) electrons. The number of pyridine rings is 1. The van der Waals surface area contributed by atoms with Crippen LogP contribution in [0.15, 0.2) is 60.7 Å². The zero-order chi connectivity index (χ0) is 21.3. The van der Waals surface area contributed by atoms with E-state index in [1.807, 2.05) is 23.1 Å². The predicted octanol–water partition coefficient (Wildman–Crippen LogP) is 4.11. The summed E-state index contributed by atoms with van der Waals surface area (Å²) in [6.45, 7) is 1.91. The number of benzene rings is 2. The van der Waals surface area contributed by atoms with Gasteiger partial charge in [-0.15, -0.1) is 0 Å². The van der Waals surface area contributed by atoms with Gasteiger partial charge in [-0.05, 0) is 54.1 Å². The van der Waals surface area contributed by atoms with Gasteiger partial charge in [0.1, 0.15) is 5.69 Å². The minimum atomic E-state index is -4.36. The Morgan fingerprint density at radius 1 is 1.07 bits per heavy atom. The number of rotatable bonds is 3. The monoisotopic (exact) mass is 412 g/mol. The van der Waals surface area contributed by atoms with Gasteiger partial charge in [-0.3, -0.25) is 4.79 Å². The second-order valence-corrected chi connectivity index (χ2v) is 6.99. The molecule has 0 bridgehead atoms. The van der Waals surface area contributed by atoms with E-state index in [1.165, 1.54) is 12.1 Å². The average molecular weight is 412 g/mol. The van der Waals surface area contributed by atoms with Crippen LogP contribution in [0.4, 0.5) is 24.5 Å². The van der Waals surface area contributed by atoms with E-state index in [9.17, 15) is 18.0 Å². The highest BCUT2D eigenvalue weighted by Crippen LogP contribution is 2.35. The summed E-state index contributed by atoms with van der Waals surface area (Å²) >= 11 is 0. The molecule has 0 atom stereocenters. The molecule has 3 N–H and O–H groups in total. The van der Waals surface area contributed by atoms with Crippen molar-refractivity contribution in [3.63, 3.8) is 0 Å². The molecule has 2 aromatic carbocycles. The molecule has 30 heavy (non-hydrogen) atoms. The number of nitrogens with one attached hydrogen (secondary N) is 1. The summed E-state index contributed by atoms with van der Waals surface area (Å²) in [4.78, 5) is 17.7. The molecular weight excluding hydrogens is 393 g/mol. The fourth-order valence-electron chi connectivity index (χ4n) is 3.52. The van der Waals surface area contributed by atoms with Crippen LogP contribution in [-0.4, -0.2) is 24.0 Å². The predicted molar refractivity (Wildman–Crippen MR) is 108 cm³/mol. The summed E-state index contributed by atoms with van der Waals surface area (Å²) in [5, 5.41) is 3.33. The van der Waals surface area contributed by atoms with E-state index >= 15 is 0 Å². The molecule has 1 amide bonds. The largest absolute Gasteiger partial charge is 0.416 e. The lowest BCUT2D eigenvalue weighted by atomic mass is 10.0. The number of primary amides is 1. The fraction of sp³-hybridized carbons (Fsp3) is 0.182. The number of carbonyl (C=O) groups is 1. The maximum Gasteiger partial charge on any atom is 0.416 e. The third kappa shape index (κ3) is 3.99. The maximum atomic E-state index is 12.9. The first kappa shape index (κ1) is 19.9. The lowest BCUT2D eigenvalue weighted by Gasteiger charge is -2.25. The van der Waals surface area contributed by atoms with E-state index in [-0.39, 0.29) is 5.69 Å². The van der Waals surface area contributed by atoms with Crippen LogP contribution in [0.5, 0.6) is 0 Å². The van der Waals surface area contributed by atoms with E-state index in [2.05, 4.69) is 10.3 Å². The zero-order valence-electron chi connectivity index (χ0n) is 15.9. The molecule has 1 aliphatic rings. The van der Waals surface area contributed by atoms with Crippen LogP contribution in [0.25, 0.3) is 11.3 Å². The Labute approximate surface area is 171 Å². The zero-order valence-corrected chi connectivity index (χ0v) is 15.9. The van der Waals surface area contributed by atoms with Gasteiger partial charge in [-0.25, -0.2) is 4.98 Å². The van der Waals surface area contributed by atoms with Crippen LogP contribution in [-0.2, 0) is 12.7 Å². The third-order valence-corrected chi connectivity index (χ3v) is 5.00. The average Bonchev–Trinajstić information content (AvgIpc) is 2.95. The van der Waals surface area contributed by atoms with Crippen molar-refractivity contribution in [3.05, 3.63) is 77.5 Å². The van der Waals surface area contributed by atoms with Gasteiger partial charge in [0, 0.05) is 36.6 Å². The Kier molecular flexibility index (Phi) is 5.17. The van der Waals surface area contributed by atoms with E-state index < -0.39 is 17.6 Å². The van der Waals surface area contributed by atoms with E-state index in [4.69, 9.17) is 5.73 Å². The summed E-state index contributed by atoms with van der Waals surface area (Å²) in [6, 6.07) is 16.0. The highest BCUT2D eigenvalue weighted by Gasteiger charge is 2.30. The summed E-state index contributed by atoms with van der Waals surface area (Å²) in [7, 11) is 0. The molecular formula is C22H19F3N4O. The Morgan fingerprint density at radius 2 is 1.83 bits per heavy atom. The van der Waals surface area contributed by atoms with Gasteiger partial charge in [0.25, 0.3) is 5.91 Å². The number of fused-ring (bicyclic) bond motifs is 1. The molecule has 1 aromatic heterocycles. The standard InChI is InChI=1S/C22H19F3N4O/c23-22(24,25)16-5-7-17(8-6-16)29-11-10-27-13-15-12-14(4-9-20(15)29)18-2-1-3-19(28-18)21(26)30/h1-9,12,27H,10-11,13H2,(H2,26,30). The Morgan fingerprint density at radius 3 is 2.53 bits per heavy atom. The van der Waals surface area contributed by atoms with Crippen molar-refractivity contribution in [3.8, 4) is 11.3 Å². The second-order valence-electron chi connectivity index (χ2n) is 6.99. The van der Waals surface area contributed by atoms with Crippen LogP contribution in [0.3, 0.4) is 0 Å². The minimum Gasteiger partial charge on any atom is -0.364 e. The van der Waals surface area contributed by atoms with Crippen molar-refractivity contribution < 1.29 is 18.0 Å². The maximum absolute atomic E-state index is 12.9. The smallest absolute Gasteiger partial charge is 0.364 e. The van der Waals surface area contributed by atoms with Crippen LogP contribution in [0.1, 0.15) is 21.6 Å². The fourth-order valence-corrected chi connectivity index (χ4v) is 3.52. The molecule has 0 saturated heterocycles. The van der Waals surface area contributed by atoms with Crippen LogP contribution in [0, 0.1) is 0 Å². The third-order valence-electron chi connectivity index (χ3n) is 5.00. The highest BCUT2D eigenvalue weighted by molar-refractivity contribution is 5.91. The van der Waals surface area contributed by atoms with E-state index in [1.54, 1.807) is 18.2 Å².